The Balaban J connectivity index is 1.25. The van der Waals surface area contributed by atoms with E-state index in [1.165, 1.54) is 0 Å². The van der Waals surface area contributed by atoms with Crippen LogP contribution >= 0.6 is 0 Å². The summed E-state index contributed by atoms with van der Waals surface area (Å²) in [7, 11) is 0. The molecule has 11 nitrogen and oxygen atoms in total. The third kappa shape index (κ3) is 3.65. The number of fused-ring (bicyclic) bond motifs is 2. The normalized spacial score (nSPS) is 46.0. The number of carbonyl (C=O) groups excluding carboxylic acids is 3. The molecule has 4 aliphatic heterocycles. The zero-order valence-electron chi connectivity index (χ0n) is 28.7. The van der Waals surface area contributed by atoms with Crippen LogP contribution < -0.4 is 0 Å². The van der Waals surface area contributed by atoms with Crippen molar-refractivity contribution in [3.63, 3.8) is 0 Å². The zero-order valence-corrected chi connectivity index (χ0v) is 28.7. The highest BCUT2D eigenvalue weighted by atomic mass is 16.7. The molecule has 0 bridgehead atoms. The summed E-state index contributed by atoms with van der Waals surface area (Å²) >= 11 is 0. The first-order chi connectivity index (χ1) is 22.7. The number of esters is 2. The standard InChI is InChI=1S/C37H50O11/c1-6-9-19(21(39)17-38)16-22-20(11-15-44-22)27-33(4)14-10-23-34(5,37(33)28(47-37)29(42)46-27)26(41)24(40)25-32(2,3)48-30-35(12-7-8-13-35)31(43)45-18-36(23,25)30/h11,15,19,21,23,25-28,30,38-39,41H,6-10,12-14,16-18H2,1-5H3. The summed E-state index contributed by atoms with van der Waals surface area (Å²) in [5.74, 6) is -1.91. The van der Waals surface area contributed by atoms with Gasteiger partial charge in [-0.1, -0.05) is 40.0 Å². The molecule has 1 aromatic rings. The van der Waals surface area contributed by atoms with E-state index in [4.69, 9.17) is 23.4 Å². The largest absolute Gasteiger partial charge is 0.469 e. The molecule has 0 amide bonds. The van der Waals surface area contributed by atoms with Crippen molar-refractivity contribution in [2.24, 2.45) is 39.4 Å². The lowest BCUT2D eigenvalue weighted by molar-refractivity contribution is -0.264. The summed E-state index contributed by atoms with van der Waals surface area (Å²) in [6.07, 6.45) is 2.76. The van der Waals surface area contributed by atoms with Crippen LogP contribution in [0, 0.1) is 39.4 Å². The molecule has 264 valence electrons. The predicted molar refractivity (Wildman–Crippen MR) is 167 cm³/mol. The van der Waals surface area contributed by atoms with Gasteiger partial charge < -0.3 is 38.7 Å². The Bertz CT molecular complexity index is 1530. The first kappa shape index (κ1) is 32.9. The Kier molecular flexibility index (Phi) is 7.10. The molecule has 0 radical (unpaired) electrons. The number of ether oxygens (including phenoxy) is 4. The van der Waals surface area contributed by atoms with Gasteiger partial charge in [-0.15, -0.1) is 0 Å². The van der Waals surface area contributed by atoms with Crippen LogP contribution in [0.2, 0.25) is 0 Å². The second kappa shape index (κ2) is 10.4. The number of rotatable bonds is 7. The van der Waals surface area contributed by atoms with Gasteiger partial charge in [0, 0.05) is 28.2 Å². The van der Waals surface area contributed by atoms with Crippen LogP contribution in [0.5, 0.6) is 0 Å². The van der Waals surface area contributed by atoms with Gasteiger partial charge in [0.2, 0.25) is 0 Å². The summed E-state index contributed by atoms with van der Waals surface area (Å²) < 4.78 is 31.8. The average molecular weight is 671 g/mol. The summed E-state index contributed by atoms with van der Waals surface area (Å²) in [6.45, 7) is 9.39. The molecule has 48 heavy (non-hydrogen) atoms. The number of aliphatic hydroxyl groups is 3. The minimum atomic E-state index is -1.45. The van der Waals surface area contributed by atoms with Crippen LogP contribution in [0.25, 0.3) is 0 Å². The van der Waals surface area contributed by atoms with E-state index in [0.717, 1.165) is 19.3 Å². The van der Waals surface area contributed by atoms with Gasteiger partial charge in [0.05, 0.1) is 42.0 Å². The van der Waals surface area contributed by atoms with Crippen molar-refractivity contribution >= 4 is 17.7 Å². The first-order valence-corrected chi connectivity index (χ1v) is 18.0. The van der Waals surface area contributed by atoms with E-state index in [0.29, 0.717) is 49.8 Å². The van der Waals surface area contributed by atoms with Crippen molar-refractivity contribution in [2.75, 3.05) is 13.2 Å². The molecule has 12 atom stereocenters. The quantitative estimate of drug-likeness (QED) is 0.287. The van der Waals surface area contributed by atoms with Gasteiger partial charge >= 0.3 is 11.9 Å². The van der Waals surface area contributed by atoms with Crippen LogP contribution in [-0.4, -0.2) is 81.9 Å². The van der Waals surface area contributed by atoms with E-state index < -0.39 is 75.3 Å². The van der Waals surface area contributed by atoms with Crippen LogP contribution in [0.1, 0.15) is 103 Å². The van der Waals surface area contributed by atoms with Crippen molar-refractivity contribution in [3.05, 3.63) is 23.7 Å². The fourth-order valence-electron chi connectivity index (χ4n) is 12.7. The highest BCUT2D eigenvalue weighted by Crippen LogP contribution is 2.81. The van der Waals surface area contributed by atoms with Gasteiger partial charge in [0.25, 0.3) is 0 Å². The van der Waals surface area contributed by atoms with Gasteiger partial charge in [-0.05, 0) is 63.9 Å². The minimum Gasteiger partial charge on any atom is -0.469 e. The second-order valence-electron chi connectivity index (χ2n) is 17.0. The van der Waals surface area contributed by atoms with Crippen LogP contribution in [0.4, 0.5) is 0 Å². The molecule has 3 aliphatic carbocycles. The fraction of sp³-hybridized carbons (Fsp3) is 0.811. The number of hydrogen-bond donors (Lipinski definition) is 3. The summed E-state index contributed by atoms with van der Waals surface area (Å²) in [6, 6.07) is 1.79. The highest BCUT2D eigenvalue weighted by Gasteiger charge is 2.91. The molecule has 8 rings (SSSR count). The van der Waals surface area contributed by atoms with Gasteiger partial charge in [-0.2, -0.15) is 0 Å². The van der Waals surface area contributed by atoms with Crippen molar-refractivity contribution in [2.45, 2.75) is 134 Å². The average Bonchev–Trinajstić information content (AvgIpc) is 3.30. The molecule has 11 heteroatoms. The SMILES string of the molecule is CCCC(Cc1occc1C1OC(=O)C2OC23C1(C)CCC1C24COC(=O)C5(CCCC5)C2OC(C)(C)C4C(=O)C(O)C13C)C(O)CO. The molecule has 3 saturated carbocycles. The van der Waals surface area contributed by atoms with Crippen LogP contribution in [-0.2, 0) is 39.8 Å². The van der Waals surface area contributed by atoms with Crippen molar-refractivity contribution in [1.29, 1.82) is 0 Å². The summed E-state index contributed by atoms with van der Waals surface area (Å²) in [4.78, 5) is 42.3. The number of Topliss-reactive ketones (excluding diaryl/α,β-unsaturated/α-hetero) is 1. The van der Waals surface area contributed by atoms with E-state index in [-0.39, 0.29) is 36.8 Å². The number of cyclic esters (lactones) is 2. The van der Waals surface area contributed by atoms with Crippen LogP contribution in [0.15, 0.2) is 16.7 Å². The smallest absolute Gasteiger partial charge is 0.339 e. The monoisotopic (exact) mass is 670 g/mol. The number of hydrogen-bond acceptors (Lipinski definition) is 11. The molecule has 4 saturated heterocycles. The Labute approximate surface area is 281 Å². The summed E-state index contributed by atoms with van der Waals surface area (Å²) in [5.41, 5.74) is -5.38. The van der Waals surface area contributed by atoms with E-state index in [1.54, 1.807) is 12.3 Å². The van der Waals surface area contributed by atoms with E-state index in [2.05, 4.69) is 0 Å². The lowest BCUT2D eigenvalue weighted by atomic mass is 9.35. The Morgan fingerprint density at radius 2 is 1.75 bits per heavy atom. The topological polar surface area (TPSA) is 165 Å². The molecule has 3 spiro atoms. The Morgan fingerprint density at radius 1 is 1.02 bits per heavy atom. The van der Waals surface area contributed by atoms with Gasteiger partial charge in [-0.25, -0.2) is 4.79 Å². The molecule has 3 N–H and O–H groups in total. The Hall–Kier alpha value is -2.31. The molecule has 7 fully saturated rings. The minimum absolute atomic E-state index is 0.0221. The zero-order chi connectivity index (χ0) is 34.2. The third-order valence-electron chi connectivity index (χ3n) is 14.6. The number of furan rings is 1. The first-order valence-electron chi connectivity index (χ1n) is 18.0. The lowest BCUT2D eigenvalue weighted by Gasteiger charge is -2.67. The van der Waals surface area contributed by atoms with Gasteiger partial charge in [0.1, 0.15) is 30.2 Å². The maximum atomic E-state index is 14.8. The molecule has 1 aromatic heterocycles. The van der Waals surface area contributed by atoms with Crippen molar-refractivity contribution in [3.8, 4) is 0 Å². The van der Waals surface area contributed by atoms with Crippen molar-refractivity contribution < 1.29 is 53.1 Å². The van der Waals surface area contributed by atoms with Crippen molar-refractivity contribution in [1.82, 2.24) is 0 Å². The number of carbonyl (C=O) groups is 3. The summed E-state index contributed by atoms with van der Waals surface area (Å²) in [5, 5.41) is 32.7. The van der Waals surface area contributed by atoms with Crippen LogP contribution in [0.3, 0.4) is 0 Å². The van der Waals surface area contributed by atoms with Gasteiger partial charge in [-0.3, -0.25) is 9.59 Å². The van der Waals surface area contributed by atoms with Gasteiger partial charge in [0.15, 0.2) is 11.9 Å². The fourth-order valence-corrected chi connectivity index (χ4v) is 12.7. The maximum Gasteiger partial charge on any atom is 0.339 e. The molecule has 0 aromatic carbocycles. The second-order valence-corrected chi connectivity index (χ2v) is 17.0. The molecule has 12 unspecified atom stereocenters. The maximum absolute atomic E-state index is 14.8. The Morgan fingerprint density at radius 3 is 2.44 bits per heavy atom. The molecule has 5 heterocycles. The van der Waals surface area contributed by atoms with E-state index in [9.17, 15) is 29.7 Å². The number of ketones is 1. The van der Waals surface area contributed by atoms with E-state index >= 15 is 0 Å². The predicted octanol–water partition coefficient (Wildman–Crippen LogP) is 3.59. The lowest BCUT2D eigenvalue weighted by Crippen LogP contribution is -2.77. The highest BCUT2D eigenvalue weighted by molar-refractivity contribution is 5.92. The third-order valence-corrected chi connectivity index (χ3v) is 14.6. The molecular weight excluding hydrogens is 620 g/mol. The van der Waals surface area contributed by atoms with E-state index in [1.807, 2.05) is 34.6 Å². The molecular formula is C37H50O11. The number of epoxide rings is 1. The number of aliphatic hydroxyl groups excluding tert-OH is 3. The molecule has 7 aliphatic rings.